The average molecular weight is 302 g/mol. The maximum absolute atomic E-state index is 11.2. The van der Waals surface area contributed by atoms with E-state index in [0.29, 0.717) is 15.9 Å². The van der Waals surface area contributed by atoms with Crippen LogP contribution in [0.1, 0.15) is 17.6 Å². The fourth-order valence-corrected chi connectivity index (χ4v) is 1.88. The molecule has 2 rings (SSSR count). The van der Waals surface area contributed by atoms with Crippen molar-refractivity contribution in [1.29, 1.82) is 0 Å². The van der Waals surface area contributed by atoms with Crippen LogP contribution in [0.4, 0.5) is 0 Å². The highest BCUT2D eigenvalue weighted by atomic mass is 79.9. The third-order valence-corrected chi connectivity index (χ3v) is 3.29. The zero-order chi connectivity index (χ0) is 12.6. The molecule has 82 valence electrons. The Bertz CT molecular complexity index is 599. The Balaban J connectivity index is 2.68. The van der Waals surface area contributed by atoms with Crippen LogP contribution in [0.15, 0.2) is 22.8 Å². The highest BCUT2D eigenvalue weighted by Gasteiger charge is 2.12. The average Bonchev–Trinajstić information content (AvgIpc) is 2.64. The molecular weight excluding hydrogens is 293 g/mol. The van der Waals surface area contributed by atoms with Crippen molar-refractivity contribution in [1.82, 2.24) is 14.8 Å². The number of aryl methyl sites for hydroxylation is 1. The SMILES string of the molecule is [2H]C(=O)c1cc(C)nn1-c1ccnc(Cl)c1Br. The van der Waals surface area contributed by atoms with E-state index < -0.39 is 6.26 Å². The summed E-state index contributed by atoms with van der Waals surface area (Å²) in [6.45, 7) is 1.75. The van der Waals surface area contributed by atoms with E-state index in [1.165, 1.54) is 10.9 Å². The van der Waals surface area contributed by atoms with Gasteiger partial charge in [0.25, 0.3) is 0 Å². The van der Waals surface area contributed by atoms with Crippen LogP contribution in [0, 0.1) is 6.92 Å². The van der Waals surface area contributed by atoms with Crippen LogP contribution in [0.5, 0.6) is 0 Å². The maximum Gasteiger partial charge on any atom is 0.168 e. The van der Waals surface area contributed by atoms with Crippen LogP contribution in [0.3, 0.4) is 0 Å². The minimum Gasteiger partial charge on any atom is -0.296 e. The van der Waals surface area contributed by atoms with E-state index in [1.807, 2.05) is 0 Å². The Morgan fingerprint density at radius 3 is 3.12 bits per heavy atom. The van der Waals surface area contributed by atoms with Gasteiger partial charge in [-0.2, -0.15) is 5.10 Å². The van der Waals surface area contributed by atoms with Crippen molar-refractivity contribution in [3.8, 4) is 5.69 Å². The minimum absolute atomic E-state index is 0.186. The molecule has 0 N–H and O–H groups in total. The van der Waals surface area contributed by atoms with Gasteiger partial charge < -0.3 is 0 Å². The molecular formula is C10H7BrClN3O. The summed E-state index contributed by atoms with van der Waals surface area (Å²) >= 11 is 9.15. The van der Waals surface area contributed by atoms with Crippen molar-refractivity contribution in [2.24, 2.45) is 0 Å². The molecule has 0 fully saturated rings. The number of aldehydes is 1. The molecule has 0 aliphatic carbocycles. The number of aromatic nitrogens is 3. The summed E-state index contributed by atoms with van der Waals surface area (Å²) in [6, 6.07) is 3.21. The molecule has 0 aromatic carbocycles. The zero-order valence-corrected chi connectivity index (χ0v) is 10.6. The van der Waals surface area contributed by atoms with E-state index in [4.69, 9.17) is 13.0 Å². The molecule has 0 unspecified atom stereocenters. The van der Waals surface area contributed by atoms with E-state index in [9.17, 15) is 4.79 Å². The highest BCUT2D eigenvalue weighted by molar-refractivity contribution is 9.10. The number of hydrogen-bond acceptors (Lipinski definition) is 3. The van der Waals surface area contributed by atoms with Crippen molar-refractivity contribution in [3.05, 3.63) is 39.3 Å². The molecule has 2 heterocycles. The van der Waals surface area contributed by atoms with Crippen molar-refractivity contribution in [2.75, 3.05) is 0 Å². The topological polar surface area (TPSA) is 47.8 Å². The van der Waals surface area contributed by atoms with Crippen LogP contribution in [-0.2, 0) is 0 Å². The fraction of sp³-hybridized carbons (Fsp3) is 0.100. The lowest BCUT2D eigenvalue weighted by atomic mass is 10.3. The van der Waals surface area contributed by atoms with Gasteiger partial charge in [0.2, 0.25) is 0 Å². The summed E-state index contributed by atoms with van der Waals surface area (Å²) in [4.78, 5) is 15.1. The van der Waals surface area contributed by atoms with Gasteiger partial charge in [-0.1, -0.05) is 11.6 Å². The number of hydrogen-bond donors (Lipinski definition) is 0. The quantitative estimate of drug-likeness (QED) is 0.633. The molecule has 0 saturated carbocycles. The molecule has 6 heteroatoms. The van der Waals surface area contributed by atoms with Gasteiger partial charge in [0, 0.05) is 6.20 Å². The molecule has 0 aliphatic rings. The van der Waals surface area contributed by atoms with Crippen LogP contribution >= 0.6 is 27.5 Å². The van der Waals surface area contributed by atoms with Gasteiger partial charge in [-0.3, -0.25) is 4.79 Å². The molecule has 4 nitrogen and oxygen atoms in total. The second kappa shape index (κ2) is 4.35. The fourth-order valence-electron chi connectivity index (χ4n) is 1.33. The maximum atomic E-state index is 11.2. The zero-order valence-electron chi connectivity index (χ0n) is 9.24. The van der Waals surface area contributed by atoms with Crippen LogP contribution < -0.4 is 0 Å². The van der Waals surface area contributed by atoms with Gasteiger partial charge in [0.15, 0.2) is 6.26 Å². The molecule has 0 radical (unpaired) electrons. The highest BCUT2D eigenvalue weighted by Crippen LogP contribution is 2.27. The minimum atomic E-state index is -0.801. The number of halogens is 2. The molecule has 0 spiro atoms. The number of carbonyl (C=O) groups excluding carboxylic acids is 1. The summed E-state index contributed by atoms with van der Waals surface area (Å²) in [7, 11) is 0. The first-order chi connectivity index (χ1) is 8.00. The molecule has 2 aromatic rings. The first-order valence-corrected chi connectivity index (χ1v) is 5.56. The van der Waals surface area contributed by atoms with E-state index in [-0.39, 0.29) is 10.8 Å². The first kappa shape index (κ1) is 9.99. The second-order valence-electron chi connectivity index (χ2n) is 3.12. The van der Waals surface area contributed by atoms with Crippen LogP contribution in [0.2, 0.25) is 5.15 Å². The molecule has 0 aliphatic heterocycles. The Morgan fingerprint density at radius 1 is 1.69 bits per heavy atom. The van der Waals surface area contributed by atoms with Gasteiger partial charge in [-0.15, -0.1) is 0 Å². The number of carbonyl (C=O) groups is 1. The third kappa shape index (κ3) is 1.88. The van der Waals surface area contributed by atoms with Crippen LogP contribution in [-0.4, -0.2) is 21.0 Å². The summed E-state index contributed by atoms with van der Waals surface area (Å²) in [6.07, 6.45) is 0.711. The van der Waals surface area contributed by atoms with E-state index >= 15 is 0 Å². The summed E-state index contributed by atoms with van der Waals surface area (Å²) in [5.41, 5.74) is 1.42. The molecule has 0 saturated heterocycles. The number of nitrogens with zero attached hydrogens (tertiary/aromatic N) is 3. The number of pyridine rings is 1. The predicted octanol–water partition coefficient (Wildman–Crippen LogP) is 2.80. The van der Waals surface area contributed by atoms with Crippen LogP contribution in [0.25, 0.3) is 5.69 Å². The molecule has 2 aromatic heterocycles. The van der Waals surface area contributed by atoms with Gasteiger partial charge in [-0.25, -0.2) is 9.67 Å². The largest absolute Gasteiger partial charge is 0.296 e. The second-order valence-corrected chi connectivity index (χ2v) is 4.27. The van der Waals surface area contributed by atoms with Gasteiger partial charge >= 0.3 is 0 Å². The van der Waals surface area contributed by atoms with E-state index in [0.717, 1.165) is 0 Å². The summed E-state index contributed by atoms with van der Waals surface area (Å²) < 4.78 is 9.09. The lowest BCUT2D eigenvalue weighted by Crippen LogP contribution is -2.03. The van der Waals surface area contributed by atoms with Crippen molar-refractivity contribution in [2.45, 2.75) is 6.92 Å². The van der Waals surface area contributed by atoms with Gasteiger partial charge in [0.1, 0.15) is 12.2 Å². The normalized spacial score (nSPS) is 11.3. The van der Waals surface area contributed by atoms with Gasteiger partial charge in [-0.05, 0) is 35.0 Å². The molecule has 0 atom stereocenters. The standard InChI is InChI=1S/C10H7BrClN3O/c1-6-4-7(5-16)15(14-6)8-2-3-13-10(12)9(8)11/h2-5H,1H3/i5D. The molecule has 0 amide bonds. The Hall–Kier alpha value is -1.20. The Morgan fingerprint density at radius 2 is 2.44 bits per heavy atom. The monoisotopic (exact) mass is 300 g/mol. The molecule has 16 heavy (non-hydrogen) atoms. The summed E-state index contributed by atoms with van der Waals surface area (Å²) in [5, 5.41) is 4.44. The summed E-state index contributed by atoms with van der Waals surface area (Å²) in [5.74, 6) is 0. The first-order valence-electron chi connectivity index (χ1n) is 4.88. The lowest BCUT2D eigenvalue weighted by Gasteiger charge is -2.06. The Labute approximate surface area is 107 Å². The predicted molar refractivity (Wildman–Crippen MR) is 64.2 cm³/mol. The van der Waals surface area contributed by atoms with E-state index in [2.05, 4.69) is 26.0 Å². The third-order valence-electron chi connectivity index (χ3n) is 1.99. The van der Waals surface area contributed by atoms with Crippen molar-refractivity contribution in [3.63, 3.8) is 0 Å². The van der Waals surface area contributed by atoms with Gasteiger partial charge in [0.05, 0.1) is 15.9 Å². The van der Waals surface area contributed by atoms with Crippen molar-refractivity contribution >= 4 is 33.8 Å². The number of rotatable bonds is 2. The van der Waals surface area contributed by atoms with E-state index in [1.54, 1.807) is 19.1 Å². The smallest absolute Gasteiger partial charge is 0.168 e. The van der Waals surface area contributed by atoms with Crippen molar-refractivity contribution < 1.29 is 6.17 Å². The molecule has 0 bridgehead atoms. The Kier molecular flexibility index (Phi) is 2.71. The lowest BCUT2D eigenvalue weighted by molar-refractivity contribution is 0.111.